The number of carbonyl (C=O) groups is 3. The van der Waals surface area contributed by atoms with Gasteiger partial charge in [0.1, 0.15) is 11.9 Å². The molecule has 1 aliphatic heterocycles. The summed E-state index contributed by atoms with van der Waals surface area (Å²) in [4.78, 5) is 37.4. The van der Waals surface area contributed by atoms with Crippen LogP contribution in [0.3, 0.4) is 0 Å². The molecule has 7 heteroatoms. The van der Waals surface area contributed by atoms with Gasteiger partial charge >= 0.3 is 5.97 Å². The van der Waals surface area contributed by atoms with E-state index in [-0.39, 0.29) is 17.9 Å². The minimum Gasteiger partial charge on any atom is -0.480 e. The Morgan fingerprint density at radius 3 is 2.56 bits per heavy atom. The topological polar surface area (TPSA) is 86.7 Å². The first-order valence-electron chi connectivity index (χ1n) is 8.63. The lowest BCUT2D eigenvalue weighted by Gasteiger charge is -2.18. The molecule has 0 spiro atoms. The molecule has 1 heterocycles. The zero-order chi connectivity index (χ0) is 19.4. The van der Waals surface area contributed by atoms with Crippen LogP contribution in [0.1, 0.15) is 28.8 Å². The van der Waals surface area contributed by atoms with E-state index in [4.69, 9.17) is 0 Å². The van der Waals surface area contributed by atoms with E-state index in [1.165, 1.54) is 17.0 Å². The van der Waals surface area contributed by atoms with Crippen molar-refractivity contribution in [1.29, 1.82) is 0 Å². The number of carboxylic acid groups (broad SMARTS) is 1. The first-order valence-corrected chi connectivity index (χ1v) is 8.63. The Labute approximate surface area is 155 Å². The second-order valence-electron chi connectivity index (χ2n) is 6.37. The Kier molecular flexibility index (Phi) is 5.49. The summed E-state index contributed by atoms with van der Waals surface area (Å²) in [6.07, 6.45) is 1.20. The smallest absolute Gasteiger partial charge is 0.326 e. The molecule has 2 amide bonds. The molecule has 27 heavy (non-hydrogen) atoms. The molecule has 0 radical (unpaired) electrons. The standard InChI is InChI=1S/C20H19FN2O4/c21-16-9-8-14(23-10-4-7-18(23)24)12-15(16)19(25)22-17(20(26)27)11-13-5-2-1-3-6-13/h1-3,5-6,8-9,12,17H,4,7,10-11H2,(H,22,25)(H,26,27)/t17-/m1/s1. The van der Waals surface area contributed by atoms with Crippen molar-refractivity contribution < 1.29 is 23.9 Å². The number of carboxylic acids is 1. The molecule has 6 nitrogen and oxygen atoms in total. The van der Waals surface area contributed by atoms with Crippen LogP contribution in [0.4, 0.5) is 10.1 Å². The molecule has 2 aromatic carbocycles. The Morgan fingerprint density at radius 1 is 1.19 bits per heavy atom. The van der Waals surface area contributed by atoms with Crippen molar-refractivity contribution in [3.63, 3.8) is 0 Å². The van der Waals surface area contributed by atoms with E-state index in [1.807, 2.05) is 0 Å². The Hall–Kier alpha value is -3.22. The van der Waals surface area contributed by atoms with E-state index in [0.29, 0.717) is 25.1 Å². The maximum atomic E-state index is 14.2. The molecule has 1 fully saturated rings. The number of hydrogen-bond donors (Lipinski definition) is 2. The Morgan fingerprint density at radius 2 is 1.93 bits per heavy atom. The lowest BCUT2D eigenvalue weighted by molar-refractivity contribution is -0.139. The molecule has 2 N–H and O–H groups in total. The van der Waals surface area contributed by atoms with Gasteiger partial charge in [0.15, 0.2) is 0 Å². The van der Waals surface area contributed by atoms with Crippen molar-refractivity contribution in [2.24, 2.45) is 0 Å². The third-order valence-corrected chi connectivity index (χ3v) is 4.47. The molecule has 0 unspecified atom stereocenters. The van der Waals surface area contributed by atoms with Gasteiger partial charge in [-0.3, -0.25) is 9.59 Å². The summed E-state index contributed by atoms with van der Waals surface area (Å²) in [5, 5.41) is 11.8. The van der Waals surface area contributed by atoms with Crippen LogP contribution in [0.15, 0.2) is 48.5 Å². The van der Waals surface area contributed by atoms with E-state index < -0.39 is 23.7 Å². The van der Waals surface area contributed by atoms with E-state index in [1.54, 1.807) is 30.3 Å². The van der Waals surface area contributed by atoms with E-state index in [2.05, 4.69) is 5.32 Å². The van der Waals surface area contributed by atoms with E-state index in [9.17, 15) is 23.9 Å². The van der Waals surface area contributed by atoms with Crippen molar-refractivity contribution >= 4 is 23.5 Å². The van der Waals surface area contributed by atoms with Gasteiger partial charge in [0, 0.05) is 25.1 Å². The van der Waals surface area contributed by atoms with Crippen molar-refractivity contribution in [2.45, 2.75) is 25.3 Å². The van der Waals surface area contributed by atoms with Crippen LogP contribution in [-0.2, 0) is 16.0 Å². The van der Waals surface area contributed by atoms with Gasteiger partial charge in [0.05, 0.1) is 5.56 Å². The summed E-state index contributed by atoms with van der Waals surface area (Å²) < 4.78 is 14.2. The van der Waals surface area contributed by atoms with Gasteiger partial charge < -0.3 is 15.3 Å². The average molecular weight is 370 g/mol. The van der Waals surface area contributed by atoms with Crippen LogP contribution in [0.25, 0.3) is 0 Å². The second-order valence-corrected chi connectivity index (χ2v) is 6.37. The molecule has 1 atom stereocenters. The van der Waals surface area contributed by atoms with Gasteiger partial charge in [-0.1, -0.05) is 30.3 Å². The highest BCUT2D eigenvalue weighted by atomic mass is 19.1. The fourth-order valence-corrected chi connectivity index (χ4v) is 3.06. The quantitative estimate of drug-likeness (QED) is 0.817. The molecular formula is C20H19FN2O4. The van der Waals surface area contributed by atoms with Crippen LogP contribution in [0, 0.1) is 5.82 Å². The number of halogens is 1. The first kappa shape index (κ1) is 18.6. The third kappa shape index (κ3) is 4.31. The van der Waals surface area contributed by atoms with Gasteiger partial charge in [-0.15, -0.1) is 0 Å². The normalized spacial score (nSPS) is 14.9. The van der Waals surface area contributed by atoms with Gasteiger partial charge in [0.25, 0.3) is 5.91 Å². The fraction of sp³-hybridized carbons (Fsp3) is 0.250. The number of amides is 2. The zero-order valence-corrected chi connectivity index (χ0v) is 14.5. The van der Waals surface area contributed by atoms with Crippen LogP contribution in [0.5, 0.6) is 0 Å². The highest BCUT2D eigenvalue weighted by Crippen LogP contribution is 2.24. The number of anilines is 1. The molecule has 0 saturated carbocycles. The van der Waals surface area contributed by atoms with Crippen molar-refractivity contribution in [3.8, 4) is 0 Å². The largest absolute Gasteiger partial charge is 0.480 e. The first-order chi connectivity index (χ1) is 13.0. The van der Waals surface area contributed by atoms with Gasteiger partial charge in [-0.2, -0.15) is 0 Å². The summed E-state index contributed by atoms with van der Waals surface area (Å²) >= 11 is 0. The molecule has 140 valence electrons. The highest BCUT2D eigenvalue weighted by molar-refractivity contribution is 6.00. The number of hydrogen-bond acceptors (Lipinski definition) is 3. The summed E-state index contributed by atoms with van der Waals surface area (Å²) in [6.45, 7) is 0.511. The maximum Gasteiger partial charge on any atom is 0.326 e. The van der Waals surface area contributed by atoms with Crippen LogP contribution < -0.4 is 10.2 Å². The van der Waals surface area contributed by atoms with Crippen LogP contribution in [-0.4, -0.2) is 35.5 Å². The highest BCUT2D eigenvalue weighted by Gasteiger charge is 2.26. The fourth-order valence-electron chi connectivity index (χ4n) is 3.06. The zero-order valence-electron chi connectivity index (χ0n) is 14.5. The number of nitrogens with one attached hydrogen (secondary N) is 1. The Balaban J connectivity index is 1.79. The summed E-state index contributed by atoms with van der Waals surface area (Å²) in [7, 11) is 0. The number of aliphatic carboxylic acids is 1. The van der Waals surface area contributed by atoms with Crippen molar-refractivity contribution in [2.75, 3.05) is 11.4 Å². The number of benzene rings is 2. The number of nitrogens with zero attached hydrogens (tertiary/aromatic N) is 1. The molecule has 2 aromatic rings. The molecular weight excluding hydrogens is 351 g/mol. The monoisotopic (exact) mass is 370 g/mol. The molecule has 3 rings (SSSR count). The lowest BCUT2D eigenvalue weighted by Crippen LogP contribution is -2.42. The SMILES string of the molecule is O=C(N[C@H](Cc1ccccc1)C(=O)O)c1cc(N2CCCC2=O)ccc1F. The van der Waals surface area contributed by atoms with Crippen molar-refractivity contribution in [1.82, 2.24) is 5.32 Å². The predicted octanol–water partition coefficient (Wildman–Crippen LogP) is 2.38. The predicted molar refractivity (Wildman–Crippen MR) is 97.0 cm³/mol. The van der Waals surface area contributed by atoms with Gasteiger partial charge in [0.2, 0.25) is 5.91 Å². The van der Waals surface area contributed by atoms with Gasteiger partial charge in [-0.25, -0.2) is 9.18 Å². The van der Waals surface area contributed by atoms with E-state index in [0.717, 1.165) is 11.6 Å². The molecule has 0 aromatic heterocycles. The van der Waals surface area contributed by atoms with Crippen molar-refractivity contribution in [3.05, 3.63) is 65.5 Å². The summed E-state index contributed by atoms with van der Waals surface area (Å²) in [5.41, 5.74) is 0.882. The Bertz CT molecular complexity index is 870. The number of rotatable bonds is 6. The maximum absolute atomic E-state index is 14.2. The van der Waals surface area contributed by atoms with E-state index >= 15 is 0 Å². The van der Waals surface area contributed by atoms with Crippen LogP contribution in [0.2, 0.25) is 0 Å². The average Bonchev–Trinajstić information content (AvgIpc) is 3.08. The molecule has 0 bridgehead atoms. The van der Waals surface area contributed by atoms with Gasteiger partial charge in [-0.05, 0) is 30.2 Å². The second kappa shape index (κ2) is 7.99. The minimum absolute atomic E-state index is 0.0772. The number of carbonyl (C=O) groups excluding carboxylic acids is 2. The molecule has 1 saturated heterocycles. The molecule has 1 aliphatic rings. The lowest BCUT2D eigenvalue weighted by atomic mass is 10.1. The summed E-state index contributed by atoms with van der Waals surface area (Å²) in [6, 6.07) is 11.5. The molecule has 0 aliphatic carbocycles. The third-order valence-electron chi connectivity index (χ3n) is 4.47. The summed E-state index contributed by atoms with van der Waals surface area (Å²) in [5.74, 6) is -2.89. The van der Waals surface area contributed by atoms with Crippen LogP contribution >= 0.6 is 0 Å². The minimum atomic E-state index is -1.21.